The van der Waals surface area contributed by atoms with Gasteiger partial charge in [0.2, 0.25) is 5.06 Å². The second-order valence-corrected chi connectivity index (χ2v) is 4.41. The zero-order valence-corrected chi connectivity index (χ0v) is 10.5. The van der Waals surface area contributed by atoms with E-state index in [1.807, 2.05) is 0 Å². The van der Waals surface area contributed by atoms with E-state index in [1.165, 1.54) is 12.1 Å². The summed E-state index contributed by atoms with van der Waals surface area (Å²) in [5.41, 5.74) is 4.85. The standard InChI is InChI=1S/C11H7F3N2O3S/c12-11(13,14)6-3-1-2-5(4-6)8-7(15)9(20-16-8)19-10(17)18/h1-4H,15H2,(H,17,18). The number of hydrogen-bond donors (Lipinski definition) is 2. The molecule has 0 bridgehead atoms. The van der Waals surface area contributed by atoms with Crippen LogP contribution in [0.5, 0.6) is 5.06 Å². The van der Waals surface area contributed by atoms with E-state index in [1.54, 1.807) is 0 Å². The van der Waals surface area contributed by atoms with Crippen LogP contribution in [0, 0.1) is 0 Å². The molecule has 2 aromatic rings. The van der Waals surface area contributed by atoms with Crippen LogP contribution in [0.25, 0.3) is 11.3 Å². The van der Waals surface area contributed by atoms with Crippen molar-refractivity contribution in [2.45, 2.75) is 6.18 Å². The summed E-state index contributed by atoms with van der Waals surface area (Å²) in [7, 11) is 0. The third kappa shape index (κ3) is 2.82. The Labute approximate surface area is 114 Å². The van der Waals surface area contributed by atoms with E-state index in [0.29, 0.717) is 11.5 Å². The summed E-state index contributed by atoms with van der Waals surface area (Å²) >= 11 is 0.653. The smallest absolute Gasteiger partial charge is 0.449 e. The molecule has 0 unspecified atom stereocenters. The van der Waals surface area contributed by atoms with Gasteiger partial charge >= 0.3 is 12.3 Å². The second kappa shape index (κ2) is 5.00. The average Bonchev–Trinajstić information content (AvgIpc) is 2.69. The minimum atomic E-state index is -4.48. The van der Waals surface area contributed by atoms with Gasteiger partial charge in [0.1, 0.15) is 11.4 Å². The maximum Gasteiger partial charge on any atom is 0.512 e. The van der Waals surface area contributed by atoms with Gasteiger partial charge in [-0.3, -0.25) is 0 Å². The molecule has 0 aliphatic rings. The van der Waals surface area contributed by atoms with Crippen LogP contribution in [0.3, 0.4) is 0 Å². The summed E-state index contributed by atoms with van der Waals surface area (Å²) in [5, 5.41) is 8.30. The number of rotatable bonds is 2. The van der Waals surface area contributed by atoms with E-state index >= 15 is 0 Å². The molecular weight excluding hydrogens is 297 g/mol. The molecule has 1 heterocycles. The Hall–Kier alpha value is -2.29. The number of nitrogen functional groups attached to an aromatic ring is 1. The van der Waals surface area contributed by atoms with Crippen molar-refractivity contribution in [3.63, 3.8) is 0 Å². The predicted molar refractivity (Wildman–Crippen MR) is 65.6 cm³/mol. The number of benzene rings is 1. The molecule has 0 spiro atoms. The molecule has 3 N–H and O–H groups in total. The number of nitrogens with zero attached hydrogens (tertiary/aromatic N) is 1. The largest absolute Gasteiger partial charge is 0.512 e. The van der Waals surface area contributed by atoms with Crippen molar-refractivity contribution in [2.24, 2.45) is 0 Å². The Kier molecular flexibility index (Phi) is 3.53. The molecule has 0 saturated heterocycles. The summed E-state index contributed by atoms with van der Waals surface area (Å²) < 4.78 is 46.0. The van der Waals surface area contributed by atoms with Crippen LogP contribution in [0.1, 0.15) is 5.56 Å². The molecule has 0 fully saturated rings. The number of alkyl halides is 3. The van der Waals surface area contributed by atoms with Crippen molar-refractivity contribution in [3.05, 3.63) is 29.8 Å². The average molecular weight is 304 g/mol. The zero-order chi connectivity index (χ0) is 14.9. The zero-order valence-electron chi connectivity index (χ0n) is 9.64. The number of aromatic nitrogens is 1. The predicted octanol–water partition coefficient (Wildman–Crippen LogP) is 3.47. The summed E-state index contributed by atoms with van der Waals surface area (Å²) in [5.74, 6) is 0. The minimum Gasteiger partial charge on any atom is -0.449 e. The van der Waals surface area contributed by atoms with Crippen LogP contribution >= 0.6 is 11.5 Å². The van der Waals surface area contributed by atoms with Crippen molar-refractivity contribution < 1.29 is 27.8 Å². The maximum absolute atomic E-state index is 12.6. The first-order chi connectivity index (χ1) is 9.29. The first-order valence-corrected chi connectivity index (χ1v) is 5.90. The van der Waals surface area contributed by atoms with Gasteiger partial charge in [-0.15, -0.1) is 0 Å². The van der Waals surface area contributed by atoms with Crippen LogP contribution in [-0.4, -0.2) is 15.6 Å². The van der Waals surface area contributed by atoms with Gasteiger partial charge in [0.25, 0.3) is 0 Å². The van der Waals surface area contributed by atoms with Crippen molar-refractivity contribution in [1.82, 2.24) is 4.37 Å². The molecule has 0 amide bonds. The fourth-order valence-electron chi connectivity index (χ4n) is 1.49. The first kappa shape index (κ1) is 14.1. The van der Waals surface area contributed by atoms with E-state index in [9.17, 15) is 18.0 Å². The number of nitrogens with two attached hydrogens (primary N) is 1. The third-order valence-electron chi connectivity index (χ3n) is 2.34. The lowest BCUT2D eigenvalue weighted by molar-refractivity contribution is -0.137. The third-order valence-corrected chi connectivity index (χ3v) is 3.08. The van der Waals surface area contributed by atoms with Gasteiger partial charge < -0.3 is 15.6 Å². The van der Waals surface area contributed by atoms with E-state index in [4.69, 9.17) is 10.8 Å². The van der Waals surface area contributed by atoms with Crippen molar-refractivity contribution in [3.8, 4) is 16.3 Å². The normalized spacial score (nSPS) is 11.3. The van der Waals surface area contributed by atoms with Crippen LogP contribution in [-0.2, 0) is 6.18 Å². The number of carboxylic acid groups (broad SMARTS) is 1. The second-order valence-electron chi connectivity index (χ2n) is 3.68. The minimum absolute atomic E-state index is 0.0531. The highest BCUT2D eigenvalue weighted by molar-refractivity contribution is 7.08. The maximum atomic E-state index is 12.6. The number of ether oxygens (including phenoxy) is 1. The number of hydrogen-bond acceptors (Lipinski definition) is 5. The molecule has 2 rings (SSSR count). The van der Waals surface area contributed by atoms with E-state index in [0.717, 1.165) is 12.1 Å². The molecule has 5 nitrogen and oxygen atoms in total. The lowest BCUT2D eigenvalue weighted by Crippen LogP contribution is -2.05. The van der Waals surface area contributed by atoms with Gasteiger partial charge in [-0.05, 0) is 12.1 Å². The highest BCUT2D eigenvalue weighted by Crippen LogP contribution is 2.38. The lowest BCUT2D eigenvalue weighted by atomic mass is 10.1. The Balaban J connectivity index is 2.42. The van der Waals surface area contributed by atoms with Gasteiger partial charge in [0.15, 0.2) is 0 Å². The van der Waals surface area contributed by atoms with Crippen molar-refractivity contribution >= 4 is 23.4 Å². The highest BCUT2D eigenvalue weighted by atomic mass is 32.1. The molecule has 20 heavy (non-hydrogen) atoms. The van der Waals surface area contributed by atoms with Crippen LogP contribution < -0.4 is 10.5 Å². The lowest BCUT2D eigenvalue weighted by Gasteiger charge is -2.07. The molecule has 106 valence electrons. The summed E-state index contributed by atoms with van der Waals surface area (Å²) in [6.07, 6.45) is -6.06. The van der Waals surface area contributed by atoms with E-state index in [-0.39, 0.29) is 22.0 Å². The number of carbonyl (C=O) groups is 1. The molecule has 0 atom stereocenters. The van der Waals surface area contributed by atoms with Crippen LogP contribution in [0.4, 0.5) is 23.7 Å². The van der Waals surface area contributed by atoms with Gasteiger partial charge in [-0.1, -0.05) is 12.1 Å². The van der Waals surface area contributed by atoms with Gasteiger partial charge in [-0.25, -0.2) is 4.79 Å². The fraction of sp³-hybridized carbons (Fsp3) is 0.0909. The highest BCUT2D eigenvalue weighted by Gasteiger charge is 2.31. The summed E-state index contributed by atoms with van der Waals surface area (Å²) in [4.78, 5) is 10.4. The molecule has 0 aliphatic carbocycles. The van der Waals surface area contributed by atoms with Crippen molar-refractivity contribution in [1.29, 1.82) is 0 Å². The first-order valence-electron chi connectivity index (χ1n) is 5.12. The monoisotopic (exact) mass is 304 g/mol. The molecule has 1 aromatic heterocycles. The molecule has 0 saturated carbocycles. The Morgan fingerprint density at radius 1 is 1.40 bits per heavy atom. The fourth-order valence-corrected chi connectivity index (χ4v) is 2.17. The van der Waals surface area contributed by atoms with Gasteiger partial charge in [-0.2, -0.15) is 17.5 Å². The quantitative estimate of drug-likeness (QED) is 0.830. The molecule has 0 aliphatic heterocycles. The topological polar surface area (TPSA) is 85.4 Å². The SMILES string of the molecule is Nc1c(-c2cccc(C(F)(F)F)c2)nsc1OC(=O)O. The van der Waals surface area contributed by atoms with E-state index in [2.05, 4.69) is 9.11 Å². The molecule has 0 radical (unpaired) electrons. The molecule has 9 heteroatoms. The number of anilines is 1. The Morgan fingerprint density at radius 2 is 2.10 bits per heavy atom. The van der Waals surface area contributed by atoms with Crippen LogP contribution in [0.15, 0.2) is 24.3 Å². The molecule has 1 aromatic carbocycles. The van der Waals surface area contributed by atoms with E-state index < -0.39 is 17.9 Å². The number of halogens is 3. The Bertz CT molecular complexity index is 655. The summed E-state index contributed by atoms with van der Waals surface area (Å²) in [6.45, 7) is 0. The molecular formula is C11H7F3N2O3S. The van der Waals surface area contributed by atoms with Crippen LogP contribution in [0.2, 0.25) is 0 Å². The van der Waals surface area contributed by atoms with Crippen molar-refractivity contribution in [2.75, 3.05) is 5.73 Å². The van der Waals surface area contributed by atoms with Gasteiger partial charge in [0.05, 0.1) is 5.56 Å². The van der Waals surface area contributed by atoms with Gasteiger partial charge in [0, 0.05) is 17.1 Å². The summed E-state index contributed by atoms with van der Waals surface area (Å²) in [6, 6.07) is 4.41. The Morgan fingerprint density at radius 3 is 2.70 bits per heavy atom.